The lowest BCUT2D eigenvalue weighted by Crippen LogP contribution is -2.20. The highest BCUT2D eigenvalue weighted by Crippen LogP contribution is 2.30. The smallest absolute Gasteiger partial charge is 0.346 e. The first-order valence-corrected chi connectivity index (χ1v) is 14.1. The van der Waals surface area contributed by atoms with Crippen molar-refractivity contribution in [3.8, 4) is 0 Å². The average molecular weight is 489 g/mol. The average Bonchev–Trinajstić information content (AvgIpc) is 2.82. The van der Waals surface area contributed by atoms with E-state index in [0.717, 1.165) is 107 Å². The van der Waals surface area contributed by atoms with Gasteiger partial charge in [0.05, 0.1) is 11.1 Å². The second-order valence-corrected chi connectivity index (χ2v) is 9.66. The molecule has 198 valence electrons. The topological polar surface area (TPSA) is 80.7 Å². The summed E-state index contributed by atoms with van der Waals surface area (Å²) in [6.45, 7) is 8.35. The lowest BCUT2D eigenvalue weighted by atomic mass is 9.84. The van der Waals surface area contributed by atoms with E-state index in [9.17, 15) is 19.5 Å². The number of carbonyl (C=O) groups excluding carboxylic acids is 2. The molecule has 0 spiro atoms. The van der Waals surface area contributed by atoms with Crippen molar-refractivity contribution in [1.82, 2.24) is 0 Å². The normalized spacial score (nSPS) is 11.0. The van der Waals surface area contributed by atoms with E-state index >= 15 is 0 Å². The van der Waals surface area contributed by atoms with Crippen molar-refractivity contribution in [1.29, 1.82) is 0 Å². The summed E-state index contributed by atoms with van der Waals surface area (Å²) in [6, 6.07) is 1.72. The molecule has 0 aromatic heterocycles. The number of esters is 2. The number of hydrogen-bond donors (Lipinski definition) is 1. The Bertz CT molecular complexity index is 796. The maximum absolute atomic E-state index is 13.0. The molecule has 0 saturated carbocycles. The summed E-state index contributed by atoms with van der Waals surface area (Å²) in [5.41, 5.74) is 3.03. The molecule has 1 N–H and O–H groups in total. The van der Waals surface area contributed by atoms with Crippen molar-refractivity contribution < 1.29 is 24.2 Å². The minimum atomic E-state index is -1.11. The Balaban J connectivity index is 3.53. The number of benzene rings is 1. The monoisotopic (exact) mass is 488 g/mol. The Labute approximate surface area is 213 Å². The summed E-state index contributed by atoms with van der Waals surface area (Å²) in [5.74, 6) is -2.55. The van der Waals surface area contributed by atoms with Crippen molar-refractivity contribution in [3.63, 3.8) is 0 Å². The van der Waals surface area contributed by atoms with Crippen molar-refractivity contribution in [2.75, 3.05) is 0 Å². The third-order valence-corrected chi connectivity index (χ3v) is 6.60. The van der Waals surface area contributed by atoms with Crippen LogP contribution in [0.5, 0.6) is 0 Å². The number of carboxylic acids is 1. The van der Waals surface area contributed by atoms with Gasteiger partial charge in [-0.3, -0.25) is 4.79 Å². The summed E-state index contributed by atoms with van der Waals surface area (Å²) in [5, 5.41) is 10.2. The number of carbonyl (C=O) groups is 3. The van der Waals surface area contributed by atoms with E-state index < -0.39 is 17.9 Å². The second-order valence-electron chi connectivity index (χ2n) is 9.66. The Hall–Kier alpha value is -2.17. The third-order valence-electron chi connectivity index (χ3n) is 6.60. The summed E-state index contributed by atoms with van der Waals surface area (Å²) in [7, 11) is 0. The quantitative estimate of drug-likeness (QED) is 0.120. The molecule has 0 amide bonds. The number of aromatic carboxylic acids is 1. The van der Waals surface area contributed by atoms with Gasteiger partial charge >= 0.3 is 17.9 Å². The minimum Gasteiger partial charge on any atom is -0.478 e. The van der Waals surface area contributed by atoms with E-state index in [1.54, 1.807) is 6.07 Å². The summed E-state index contributed by atoms with van der Waals surface area (Å²) < 4.78 is 5.08. The van der Waals surface area contributed by atoms with Crippen molar-refractivity contribution >= 4 is 17.9 Å². The van der Waals surface area contributed by atoms with Crippen LogP contribution in [0.4, 0.5) is 0 Å². The molecular weight excluding hydrogens is 440 g/mol. The highest BCUT2D eigenvalue weighted by molar-refractivity contribution is 6.06. The Morgan fingerprint density at radius 2 is 1.20 bits per heavy atom. The fourth-order valence-corrected chi connectivity index (χ4v) is 4.67. The highest BCUT2D eigenvalue weighted by atomic mass is 16.6. The van der Waals surface area contributed by atoms with Crippen LogP contribution in [0.2, 0.25) is 0 Å². The van der Waals surface area contributed by atoms with Crippen molar-refractivity contribution in [2.24, 2.45) is 0 Å². The van der Waals surface area contributed by atoms with Crippen LogP contribution in [-0.2, 0) is 28.8 Å². The number of hydrogen-bond acceptors (Lipinski definition) is 4. The van der Waals surface area contributed by atoms with Crippen LogP contribution < -0.4 is 0 Å². The van der Waals surface area contributed by atoms with Gasteiger partial charge in [-0.2, -0.15) is 0 Å². The summed E-state index contributed by atoms with van der Waals surface area (Å²) >= 11 is 0. The van der Waals surface area contributed by atoms with E-state index in [0.29, 0.717) is 12.8 Å². The molecule has 0 heterocycles. The molecule has 0 atom stereocenters. The van der Waals surface area contributed by atoms with E-state index in [4.69, 9.17) is 4.74 Å². The molecule has 0 radical (unpaired) electrons. The van der Waals surface area contributed by atoms with Crippen LogP contribution in [0.1, 0.15) is 155 Å². The first-order valence-electron chi connectivity index (χ1n) is 14.1. The van der Waals surface area contributed by atoms with Gasteiger partial charge < -0.3 is 9.84 Å². The number of aryl methyl sites for hydroxylation is 1. The van der Waals surface area contributed by atoms with Crippen LogP contribution in [0.15, 0.2) is 6.07 Å². The maximum Gasteiger partial charge on any atom is 0.346 e. The van der Waals surface area contributed by atoms with Gasteiger partial charge in [-0.15, -0.1) is 0 Å². The molecule has 0 fully saturated rings. The zero-order chi connectivity index (χ0) is 26.1. The highest BCUT2D eigenvalue weighted by Gasteiger charge is 2.27. The zero-order valence-corrected chi connectivity index (χ0v) is 22.7. The van der Waals surface area contributed by atoms with Gasteiger partial charge in [0, 0.05) is 6.42 Å². The first kappa shape index (κ1) is 30.9. The predicted octanol–water partition coefficient (Wildman–Crippen LogP) is 8.24. The molecule has 5 nitrogen and oxygen atoms in total. The van der Waals surface area contributed by atoms with Gasteiger partial charge in [0.15, 0.2) is 0 Å². The molecular formula is C30H48O5. The fourth-order valence-electron chi connectivity index (χ4n) is 4.67. The maximum atomic E-state index is 13.0. The van der Waals surface area contributed by atoms with Gasteiger partial charge in [0.1, 0.15) is 0 Å². The zero-order valence-electron chi connectivity index (χ0n) is 22.7. The molecule has 0 saturated heterocycles. The van der Waals surface area contributed by atoms with Crippen LogP contribution in [0.25, 0.3) is 0 Å². The fraction of sp³-hybridized carbons (Fsp3) is 0.700. The van der Waals surface area contributed by atoms with Crippen LogP contribution >= 0.6 is 0 Å². The van der Waals surface area contributed by atoms with Crippen LogP contribution in [-0.4, -0.2) is 23.0 Å². The molecule has 0 aliphatic carbocycles. The molecule has 0 unspecified atom stereocenters. The SMILES string of the molecule is CCCCCCc1cc(C(=O)OC(=O)CCC)c(C(=O)O)c(CCCCCC)c1CCCCCC. The van der Waals surface area contributed by atoms with Gasteiger partial charge in [0.2, 0.25) is 0 Å². The number of unbranched alkanes of at least 4 members (excludes halogenated alkanes) is 9. The standard InChI is InChI=1S/C30H48O5/c1-5-9-12-15-19-23-22-26(30(34)35-27(31)18-8-4)28(29(32)33)25(21-17-14-11-7-3)24(23)20-16-13-10-6-2/h22H,5-21H2,1-4H3,(H,32,33). The van der Waals surface area contributed by atoms with E-state index in [2.05, 4.69) is 20.8 Å². The summed E-state index contributed by atoms with van der Waals surface area (Å²) in [6.07, 6.45) is 15.9. The Morgan fingerprint density at radius 1 is 0.686 bits per heavy atom. The minimum absolute atomic E-state index is 0.0373. The van der Waals surface area contributed by atoms with E-state index in [1.165, 1.54) is 0 Å². The number of carboxylic acid groups (broad SMARTS) is 1. The number of ether oxygens (including phenoxy) is 1. The Kier molecular flexibility index (Phi) is 16.0. The Morgan fingerprint density at radius 3 is 1.69 bits per heavy atom. The van der Waals surface area contributed by atoms with Crippen molar-refractivity contribution in [3.05, 3.63) is 33.9 Å². The molecule has 0 aliphatic rings. The molecule has 35 heavy (non-hydrogen) atoms. The predicted molar refractivity (Wildman–Crippen MR) is 142 cm³/mol. The largest absolute Gasteiger partial charge is 0.478 e. The van der Waals surface area contributed by atoms with Gasteiger partial charge in [0.25, 0.3) is 0 Å². The van der Waals surface area contributed by atoms with Crippen LogP contribution in [0, 0.1) is 0 Å². The summed E-state index contributed by atoms with van der Waals surface area (Å²) in [4.78, 5) is 37.6. The van der Waals surface area contributed by atoms with Crippen molar-refractivity contribution in [2.45, 2.75) is 137 Å². The molecule has 1 aromatic rings. The first-order chi connectivity index (χ1) is 16.9. The van der Waals surface area contributed by atoms with E-state index in [1.807, 2.05) is 6.92 Å². The van der Waals surface area contributed by atoms with Crippen LogP contribution in [0.3, 0.4) is 0 Å². The lowest BCUT2D eigenvalue weighted by Gasteiger charge is -2.21. The lowest BCUT2D eigenvalue weighted by molar-refractivity contribution is -0.138. The third kappa shape index (κ3) is 11.0. The van der Waals surface area contributed by atoms with Gasteiger partial charge in [-0.05, 0) is 67.7 Å². The van der Waals surface area contributed by atoms with Gasteiger partial charge in [-0.25, -0.2) is 9.59 Å². The van der Waals surface area contributed by atoms with E-state index in [-0.39, 0.29) is 17.5 Å². The molecule has 0 aliphatic heterocycles. The molecule has 0 bridgehead atoms. The molecule has 5 heteroatoms. The molecule has 1 aromatic carbocycles. The second kappa shape index (κ2) is 18.1. The molecule has 1 rings (SSSR count). The van der Waals surface area contributed by atoms with Gasteiger partial charge in [-0.1, -0.05) is 85.5 Å². The number of rotatable bonds is 19.